The van der Waals surface area contributed by atoms with Crippen molar-refractivity contribution in [2.45, 2.75) is 23.8 Å². The highest BCUT2D eigenvalue weighted by Crippen LogP contribution is 2.18. The molecule has 0 radical (unpaired) electrons. The zero-order valence-electron chi connectivity index (χ0n) is 10.0. The van der Waals surface area contributed by atoms with Gasteiger partial charge >= 0.3 is 0 Å². The monoisotopic (exact) mass is 245 g/mol. The van der Waals surface area contributed by atoms with Crippen LogP contribution < -0.4 is 5.32 Å². The first kappa shape index (κ1) is 13.4. The first-order valence-electron chi connectivity index (χ1n) is 5.32. The lowest BCUT2D eigenvalue weighted by molar-refractivity contribution is 0.194. The van der Waals surface area contributed by atoms with E-state index in [-0.39, 0.29) is 0 Å². The van der Waals surface area contributed by atoms with Gasteiger partial charge < -0.3 is 10.1 Å². The van der Waals surface area contributed by atoms with Gasteiger partial charge in [-0.05, 0) is 23.4 Å². The van der Waals surface area contributed by atoms with Gasteiger partial charge in [-0.2, -0.15) is 0 Å². The largest absolute Gasteiger partial charge is 0.385 e. The highest BCUT2D eigenvalue weighted by molar-refractivity contribution is 7.99. The molecule has 0 aliphatic rings. The molecule has 0 spiro atoms. The van der Waals surface area contributed by atoms with Crippen molar-refractivity contribution in [2.24, 2.45) is 7.05 Å². The summed E-state index contributed by atoms with van der Waals surface area (Å²) in [5.41, 5.74) is 0. The molecule has 0 saturated heterocycles. The topological polar surface area (TPSA) is 64.9 Å². The number of aromatic nitrogens is 4. The predicted molar refractivity (Wildman–Crippen MR) is 63.5 cm³/mol. The van der Waals surface area contributed by atoms with E-state index in [9.17, 15) is 0 Å². The van der Waals surface area contributed by atoms with Crippen LogP contribution in [0.4, 0.5) is 0 Å². The Hall–Kier alpha value is -0.660. The summed E-state index contributed by atoms with van der Waals surface area (Å²) in [6, 6.07) is 0. The molecule has 1 unspecified atom stereocenters. The van der Waals surface area contributed by atoms with Crippen LogP contribution in [0, 0.1) is 0 Å². The molecule has 7 heteroatoms. The first-order chi connectivity index (χ1) is 7.74. The molecule has 1 heterocycles. The summed E-state index contributed by atoms with van der Waals surface area (Å²) in [6.07, 6.45) is 1.04. The molecule has 6 nitrogen and oxygen atoms in total. The fraction of sp³-hybridized carbons (Fsp3) is 0.889. The van der Waals surface area contributed by atoms with Crippen molar-refractivity contribution in [1.29, 1.82) is 0 Å². The van der Waals surface area contributed by atoms with Gasteiger partial charge in [-0.15, -0.1) is 5.10 Å². The Bertz CT molecular complexity index is 293. The number of tetrazole rings is 1. The third-order valence-corrected chi connectivity index (χ3v) is 3.15. The third kappa shape index (κ3) is 4.91. The summed E-state index contributed by atoms with van der Waals surface area (Å²) in [4.78, 5) is 0. The standard InChI is InChI=1S/C9H19N5OS/c1-8(7-10-5-4-6-15-3)16-9-11-12-13-14(9)2/h8,10H,4-7H2,1-3H3. The number of thioether (sulfide) groups is 1. The number of methoxy groups -OCH3 is 1. The Balaban J connectivity index is 2.11. The lowest BCUT2D eigenvalue weighted by atomic mass is 10.4. The fourth-order valence-corrected chi connectivity index (χ4v) is 2.02. The van der Waals surface area contributed by atoms with E-state index < -0.39 is 0 Å². The Morgan fingerprint density at radius 3 is 3.00 bits per heavy atom. The second kappa shape index (κ2) is 7.59. The molecule has 0 fully saturated rings. The van der Waals surface area contributed by atoms with Crippen molar-refractivity contribution in [3.63, 3.8) is 0 Å². The molecule has 16 heavy (non-hydrogen) atoms. The Morgan fingerprint density at radius 2 is 2.38 bits per heavy atom. The molecule has 1 rings (SSSR count). The van der Waals surface area contributed by atoms with Crippen molar-refractivity contribution in [1.82, 2.24) is 25.5 Å². The van der Waals surface area contributed by atoms with Crippen LogP contribution in [-0.4, -0.2) is 52.3 Å². The highest BCUT2D eigenvalue weighted by Gasteiger charge is 2.08. The van der Waals surface area contributed by atoms with Gasteiger partial charge in [0.15, 0.2) is 0 Å². The lowest BCUT2D eigenvalue weighted by Crippen LogP contribution is -2.24. The van der Waals surface area contributed by atoms with E-state index in [1.807, 2.05) is 7.05 Å². The number of ether oxygens (including phenoxy) is 1. The maximum atomic E-state index is 4.97. The highest BCUT2D eigenvalue weighted by atomic mass is 32.2. The van der Waals surface area contributed by atoms with Gasteiger partial charge in [-0.3, -0.25) is 0 Å². The molecule has 0 bridgehead atoms. The molecule has 0 aliphatic carbocycles. The van der Waals surface area contributed by atoms with E-state index in [4.69, 9.17) is 4.74 Å². The summed E-state index contributed by atoms with van der Waals surface area (Å²) >= 11 is 1.67. The normalized spacial score (nSPS) is 12.9. The minimum absolute atomic E-state index is 0.451. The average molecular weight is 245 g/mol. The third-order valence-electron chi connectivity index (χ3n) is 2.02. The van der Waals surface area contributed by atoms with Gasteiger partial charge in [0.1, 0.15) is 0 Å². The van der Waals surface area contributed by atoms with E-state index in [2.05, 4.69) is 27.8 Å². The summed E-state index contributed by atoms with van der Waals surface area (Å²) in [5, 5.41) is 16.0. The molecular weight excluding hydrogens is 226 g/mol. The van der Waals surface area contributed by atoms with E-state index in [1.165, 1.54) is 0 Å². The van der Waals surface area contributed by atoms with Crippen LogP contribution >= 0.6 is 11.8 Å². The summed E-state index contributed by atoms with van der Waals surface area (Å²) in [5.74, 6) is 0. The number of hydrogen-bond donors (Lipinski definition) is 1. The first-order valence-corrected chi connectivity index (χ1v) is 6.20. The molecule has 1 aromatic heterocycles. The van der Waals surface area contributed by atoms with E-state index in [0.29, 0.717) is 5.25 Å². The van der Waals surface area contributed by atoms with Gasteiger partial charge in [-0.25, -0.2) is 4.68 Å². The zero-order chi connectivity index (χ0) is 11.8. The lowest BCUT2D eigenvalue weighted by Gasteiger charge is -2.10. The number of hydrogen-bond acceptors (Lipinski definition) is 6. The second-order valence-electron chi connectivity index (χ2n) is 3.56. The maximum absolute atomic E-state index is 4.97. The van der Waals surface area contributed by atoms with Crippen LogP contribution in [0.25, 0.3) is 0 Å². The SMILES string of the molecule is COCCCNCC(C)Sc1nnnn1C. The summed E-state index contributed by atoms with van der Waals surface area (Å²) in [6.45, 7) is 4.89. The number of nitrogens with zero attached hydrogens (tertiary/aromatic N) is 4. The Morgan fingerprint density at radius 1 is 1.56 bits per heavy atom. The molecule has 92 valence electrons. The summed E-state index contributed by atoms with van der Waals surface area (Å²) < 4.78 is 6.66. The van der Waals surface area contributed by atoms with Crippen LogP contribution in [0.3, 0.4) is 0 Å². The smallest absolute Gasteiger partial charge is 0.209 e. The van der Waals surface area contributed by atoms with E-state index >= 15 is 0 Å². The van der Waals surface area contributed by atoms with Gasteiger partial charge in [0, 0.05) is 32.6 Å². The van der Waals surface area contributed by atoms with Gasteiger partial charge in [-0.1, -0.05) is 18.7 Å². The molecule has 0 aromatic carbocycles. The molecule has 0 aliphatic heterocycles. The van der Waals surface area contributed by atoms with Crippen molar-refractivity contribution < 1.29 is 4.74 Å². The number of aryl methyl sites for hydroxylation is 1. The Kier molecular flexibility index (Phi) is 6.36. The average Bonchev–Trinajstić information content (AvgIpc) is 2.64. The van der Waals surface area contributed by atoms with Crippen molar-refractivity contribution in [2.75, 3.05) is 26.8 Å². The van der Waals surface area contributed by atoms with Gasteiger partial charge in [0.25, 0.3) is 0 Å². The number of nitrogens with one attached hydrogen (secondary N) is 1. The van der Waals surface area contributed by atoms with Gasteiger partial charge in [0.2, 0.25) is 5.16 Å². The van der Waals surface area contributed by atoms with Crippen LogP contribution in [0.15, 0.2) is 5.16 Å². The van der Waals surface area contributed by atoms with Crippen LogP contribution in [-0.2, 0) is 11.8 Å². The van der Waals surface area contributed by atoms with Crippen LogP contribution in [0.1, 0.15) is 13.3 Å². The fourth-order valence-electron chi connectivity index (χ4n) is 1.19. The molecule has 1 atom stereocenters. The van der Waals surface area contributed by atoms with Crippen LogP contribution in [0.5, 0.6) is 0 Å². The van der Waals surface area contributed by atoms with Crippen molar-refractivity contribution in [3.8, 4) is 0 Å². The van der Waals surface area contributed by atoms with Crippen molar-refractivity contribution >= 4 is 11.8 Å². The second-order valence-corrected chi connectivity index (χ2v) is 4.97. The molecule has 1 aromatic rings. The van der Waals surface area contributed by atoms with E-state index in [0.717, 1.165) is 31.3 Å². The Labute approximate surface area is 100 Å². The molecule has 1 N–H and O–H groups in total. The molecular formula is C9H19N5OS. The van der Waals surface area contributed by atoms with Crippen molar-refractivity contribution in [3.05, 3.63) is 0 Å². The summed E-state index contributed by atoms with van der Waals surface area (Å²) in [7, 11) is 3.57. The molecule has 0 saturated carbocycles. The quantitative estimate of drug-likeness (QED) is 0.525. The molecule has 0 amide bonds. The van der Waals surface area contributed by atoms with Crippen LogP contribution in [0.2, 0.25) is 0 Å². The van der Waals surface area contributed by atoms with E-state index in [1.54, 1.807) is 23.6 Å². The predicted octanol–water partition coefficient (Wildman–Crippen LogP) is 0.317. The minimum Gasteiger partial charge on any atom is -0.385 e. The zero-order valence-corrected chi connectivity index (χ0v) is 10.8. The maximum Gasteiger partial charge on any atom is 0.209 e. The minimum atomic E-state index is 0.451. The number of rotatable bonds is 8. The van der Waals surface area contributed by atoms with Gasteiger partial charge in [0.05, 0.1) is 0 Å².